The molecule has 0 aliphatic carbocycles. The first-order chi connectivity index (χ1) is 10.9. The van der Waals surface area contributed by atoms with E-state index in [1.807, 2.05) is 0 Å². The van der Waals surface area contributed by atoms with Crippen molar-refractivity contribution in [3.05, 3.63) is 57.3 Å². The van der Waals surface area contributed by atoms with Gasteiger partial charge in [0.25, 0.3) is 5.69 Å². The Morgan fingerprint density at radius 3 is 2.13 bits per heavy atom. The minimum Gasteiger partial charge on any atom is -0.572 e. The summed E-state index contributed by atoms with van der Waals surface area (Å²) in [5, 5.41) is 10.9. The molecule has 0 fully saturated rings. The molecule has 0 spiro atoms. The van der Waals surface area contributed by atoms with Gasteiger partial charge in [-0.05, 0) is 30.3 Å². The van der Waals surface area contributed by atoms with Gasteiger partial charge in [-0.3, -0.25) is 10.1 Å². The molecule has 0 aliphatic rings. The minimum absolute atomic E-state index is 0.0521. The Labute approximate surface area is 132 Å². The van der Waals surface area contributed by atoms with Gasteiger partial charge in [-0.25, -0.2) is 8.42 Å². The van der Waals surface area contributed by atoms with E-state index < -0.39 is 14.9 Å². The molecule has 0 aromatic heterocycles. The van der Waals surface area contributed by atoms with E-state index in [-0.39, 0.29) is 22.0 Å². The second kappa shape index (κ2) is 6.53. The number of nitrogens with zero attached hydrogens (tertiary/aromatic N) is 2. The molecule has 8 nitrogen and oxygen atoms in total. The molecule has 0 heterocycles. The van der Waals surface area contributed by atoms with Gasteiger partial charge in [-0.15, -0.1) is 5.69 Å². The molecule has 23 heavy (non-hydrogen) atoms. The average molecular weight is 337 g/mol. The molecule has 2 aromatic carbocycles. The van der Waals surface area contributed by atoms with Crippen LogP contribution in [-0.4, -0.2) is 27.6 Å². The average Bonchev–Trinajstić information content (AvgIpc) is 2.54. The highest BCUT2D eigenvalue weighted by atomic mass is 32.2. The molecule has 122 valence electrons. The Kier molecular flexibility index (Phi) is 4.70. The summed E-state index contributed by atoms with van der Waals surface area (Å²) < 4.78 is 38.0. The van der Waals surface area contributed by atoms with Crippen molar-refractivity contribution in [2.45, 2.75) is 4.90 Å². The Bertz CT molecular complexity index is 818. The summed E-state index contributed by atoms with van der Waals surface area (Å²) in [7, 11) is -1.23. The monoisotopic (exact) mass is 337 g/mol. The smallest absolute Gasteiger partial charge is 0.271 e. The number of rotatable bonds is 6. The number of hydrogen-bond acceptors (Lipinski definition) is 6. The molecule has 9 heteroatoms. The molecule has 0 saturated heterocycles. The first kappa shape index (κ1) is 16.6. The van der Waals surface area contributed by atoms with Crippen LogP contribution in [0.3, 0.4) is 0 Å². The normalized spacial score (nSPS) is 10.9. The van der Waals surface area contributed by atoms with Crippen molar-refractivity contribution in [2.24, 2.45) is 0 Å². The first-order valence-electron chi connectivity index (χ1n) is 6.31. The third kappa shape index (κ3) is 3.89. The lowest BCUT2D eigenvalue weighted by Crippen LogP contribution is -1.98. The predicted octanol–water partition coefficient (Wildman–Crippen LogP) is 3.01. The highest BCUT2D eigenvalue weighted by Crippen LogP contribution is 2.34. The zero-order valence-corrected chi connectivity index (χ0v) is 13.1. The maximum Gasteiger partial charge on any atom is 0.271 e. The van der Waals surface area contributed by atoms with Crippen LogP contribution in [0.25, 0.3) is 4.72 Å². The topological polar surface area (TPSA) is 110 Å². The van der Waals surface area contributed by atoms with Crippen molar-refractivity contribution >= 4 is 21.4 Å². The highest BCUT2D eigenvalue weighted by molar-refractivity contribution is 7.94. The predicted molar refractivity (Wildman–Crippen MR) is 82.8 cm³/mol. The van der Waals surface area contributed by atoms with Gasteiger partial charge in [-0.1, -0.05) is 0 Å². The molecular weight excluding hydrogens is 324 g/mol. The second-order valence-corrected chi connectivity index (χ2v) is 5.99. The zero-order chi connectivity index (χ0) is 17.0. The number of nitro groups is 1. The van der Waals surface area contributed by atoms with Gasteiger partial charge in [0.1, 0.15) is 21.5 Å². The Morgan fingerprint density at radius 1 is 1.00 bits per heavy atom. The number of non-ortho nitro benzene ring substituents is 1. The highest BCUT2D eigenvalue weighted by Gasteiger charge is 2.10. The van der Waals surface area contributed by atoms with Crippen LogP contribution >= 0.6 is 0 Å². The quantitative estimate of drug-likeness (QED) is 0.592. The van der Waals surface area contributed by atoms with Gasteiger partial charge < -0.3 is 14.2 Å². The first-order valence-corrected chi connectivity index (χ1v) is 7.75. The van der Waals surface area contributed by atoms with E-state index in [1.54, 1.807) is 0 Å². The standard InChI is InChI=1S/C14H13N2O6S/c1-21-12-3-5-14(6-4-12)23(19,20)15-10-7-11(16(17)18)9-13(8-10)22-2/h3-9H,1-2H3/q-1. The van der Waals surface area contributed by atoms with Crippen LogP contribution < -0.4 is 9.47 Å². The van der Waals surface area contributed by atoms with Gasteiger partial charge in [0, 0.05) is 6.07 Å². The van der Waals surface area contributed by atoms with Crippen LogP contribution in [0.1, 0.15) is 0 Å². The molecule has 0 bridgehead atoms. The molecule has 0 N–H and O–H groups in total. The van der Waals surface area contributed by atoms with E-state index in [4.69, 9.17) is 9.47 Å². The largest absolute Gasteiger partial charge is 0.572 e. The molecule has 0 amide bonds. The Hall–Kier alpha value is -2.81. The van der Waals surface area contributed by atoms with Crippen LogP contribution in [0.4, 0.5) is 11.4 Å². The molecule has 2 rings (SSSR count). The minimum atomic E-state index is -4.01. The van der Waals surface area contributed by atoms with E-state index >= 15 is 0 Å². The molecule has 0 atom stereocenters. The maximum atomic E-state index is 12.3. The number of benzene rings is 2. The summed E-state index contributed by atoms with van der Waals surface area (Å²) in [6.07, 6.45) is 0. The van der Waals surface area contributed by atoms with Crippen LogP contribution in [0.15, 0.2) is 47.4 Å². The number of methoxy groups -OCH3 is 2. The molecule has 0 radical (unpaired) electrons. The summed E-state index contributed by atoms with van der Waals surface area (Å²) in [5.41, 5.74) is -0.403. The van der Waals surface area contributed by atoms with Gasteiger partial charge in [0.05, 0.1) is 30.1 Å². The van der Waals surface area contributed by atoms with Gasteiger partial charge in [0.15, 0.2) is 0 Å². The van der Waals surface area contributed by atoms with Crippen LogP contribution in [-0.2, 0) is 10.0 Å². The fourth-order valence-electron chi connectivity index (χ4n) is 1.78. The van der Waals surface area contributed by atoms with Crippen molar-refractivity contribution in [3.63, 3.8) is 0 Å². The summed E-state index contributed by atoms with van der Waals surface area (Å²) in [6, 6.07) is 9.18. The number of sulfonamides is 1. The van der Waals surface area contributed by atoms with E-state index in [0.29, 0.717) is 5.75 Å². The van der Waals surface area contributed by atoms with Crippen LogP contribution in [0.5, 0.6) is 11.5 Å². The van der Waals surface area contributed by atoms with Crippen molar-refractivity contribution in [1.82, 2.24) is 0 Å². The van der Waals surface area contributed by atoms with Gasteiger partial charge >= 0.3 is 0 Å². The fourth-order valence-corrected chi connectivity index (χ4v) is 2.75. The molecule has 0 unspecified atom stereocenters. The molecule has 2 aromatic rings. The van der Waals surface area contributed by atoms with E-state index in [0.717, 1.165) is 6.07 Å². The van der Waals surface area contributed by atoms with E-state index in [2.05, 4.69) is 4.72 Å². The van der Waals surface area contributed by atoms with Crippen molar-refractivity contribution in [1.29, 1.82) is 0 Å². The molecular formula is C14H13N2O6S-. The number of nitro benzene ring substituents is 1. The second-order valence-electron chi connectivity index (χ2n) is 4.39. The fraction of sp³-hybridized carbons (Fsp3) is 0.143. The SMILES string of the molecule is COc1ccc(S(=O)(=O)[N-]c2cc(OC)cc([N+](=O)[O-])c2)cc1. The lowest BCUT2D eigenvalue weighted by Gasteiger charge is -2.22. The lowest BCUT2D eigenvalue weighted by molar-refractivity contribution is -0.384. The Balaban J connectivity index is 2.35. The van der Waals surface area contributed by atoms with Crippen LogP contribution in [0, 0.1) is 10.1 Å². The van der Waals surface area contributed by atoms with Crippen molar-refractivity contribution < 1.29 is 22.8 Å². The van der Waals surface area contributed by atoms with E-state index in [9.17, 15) is 18.5 Å². The zero-order valence-electron chi connectivity index (χ0n) is 12.3. The van der Waals surface area contributed by atoms with E-state index in [1.165, 1.54) is 50.6 Å². The third-order valence-electron chi connectivity index (χ3n) is 2.91. The lowest BCUT2D eigenvalue weighted by atomic mass is 10.2. The number of hydrogen-bond donors (Lipinski definition) is 0. The third-order valence-corrected chi connectivity index (χ3v) is 4.22. The van der Waals surface area contributed by atoms with Crippen molar-refractivity contribution in [3.8, 4) is 11.5 Å². The summed E-state index contributed by atoms with van der Waals surface area (Å²) in [5.74, 6) is 0.642. The van der Waals surface area contributed by atoms with Gasteiger partial charge in [-0.2, -0.15) is 0 Å². The van der Waals surface area contributed by atoms with Crippen molar-refractivity contribution in [2.75, 3.05) is 14.2 Å². The summed E-state index contributed by atoms with van der Waals surface area (Å²) in [6.45, 7) is 0. The van der Waals surface area contributed by atoms with Crippen LogP contribution in [0.2, 0.25) is 0 Å². The summed E-state index contributed by atoms with van der Waals surface area (Å²) >= 11 is 0. The summed E-state index contributed by atoms with van der Waals surface area (Å²) in [4.78, 5) is 10.2. The Morgan fingerprint density at radius 2 is 1.61 bits per heavy atom. The van der Waals surface area contributed by atoms with Gasteiger partial charge in [0.2, 0.25) is 0 Å². The number of ether oxygens (including phenoxy) is 2. The maximum absolute atomic E-state index is 12.3. The molecule has 0 saturated carbocycles. The molecule has 0 aliphatic heterocycles.